The maximum atomic E-state index is 12.7. The highest BCUT2D eigenvalue weighted by molar-refractivity contribution is 5.98. The van der Waals surface area contributed by atoms with Crippen molar-refractivity contribution in [3.8, 4) is 5.75 Å². The largest absolute Gasteiger partial charge is 0.482 e. The Labute approximate surface area is 178 Å². The molecule has 2 aromatic rings. The molecule has 0 N–H and O–H groups in total. The van der Waals surface area contributed by atoms with Gasteiger partial charge in [0.25, 0.3) is 5.91 Å². The first-order chi connectivity index (χ1) is 14.6. The number of carbonyl (C=O) groups excluding carboxylic acids is 2. The highest BCUT2D eigenvalue weighted by Gasteiger charge is 2.25. The van der Waals surface area contributed by atoms with E-state index < -0.39 is 0 Å². The summed E-state index contributed by atoms with van der Waals surface area (Å²) >= 11 is 0. The molecule has 30 heavy (non-hydrogen) atoms. The third-order valence-corrected chi connectivity index (χ3v) is 5.86. The number of amides is 2. The molecule has 0 spiro atoms. The highest BCUT2D eigenvalue weighted by Crippen LogP contribution is 2.31. The molecule has 2 aromatic carbocycles. The van der Waals surface area contributed by atoms with Crippen molar-refractivity contribution in [3.63, 3.8) is 0 Å². The summed E-state index contributed by atoms with van der Waals surface area (Å²) in [5.41, 5.74) is 3.11. The fourth-order valence-corrected chi connectivity index (χ4v) is 4.12. The second-order valence-corrected chi connectivity index (χ2v) is 8.02. The van der Waals surface area contributed by atoms with Crippen molar-refractivity contribution < 1.29 is 14.3 Å². The minimum atomic E-state index is -0.113. The summed E-state index contributed by atoms with van der Waals surface area (Å²) in [4.78, 5) is 30.7. The van der Waals surface area contributed by atoms with Crippen molar-refractivity contribution in [1.82, 2.24) is 4.90 Å². The van der Waals surface area contributed by atoms with Crippen molar-refractivity contribution in [2.75, 3.05) is 43.1 Å². The van der Waals surface area contributed by atoms with E-state index in [4.69, 9.17) is 4.74 Å². The number of nitrogens with zero attached hydrogens (tertiary/aromatic N) is 3. The molecule has 2 aliphatic heterocycles. The van der Waals surface area contributed by atoms with Gasteiger partial charge in [0.1, 0.15) is 5.75 Å². The molecular weight excluding hydrogens is 378 g/mol. The Hall–Kier alpha value is -3.02. The predicted octanol–water partition coefficient (Wildman–Crippen LogP) is 3.45. The monoisotopic (exact) mass is 407 g/mol. The number of hydrogen-bond donors (Lipinski definition) is 0. The highest BCUT2D eigenvalue weighted by atomic mass is 16.5. The molecule has 0 unspecified atom stereocenters. The molecule has 0 atom stereocenters. The number of hydrogen-bond acceptors (Lipinski definition) is 4. The second kappa shape index (κ2) is 9.20. The summed E-state index contributed by atoms with van der Waals surface area (Å²) in [5.74, 6) is 0.594. The Morgan fingerprint density at radius 2 is 1.77 bits per heavy atom. The van der Waals surface area contributed by atoms with Crippen molar-refractivity contribution in [2.45, 2.75) is 32.2 Å². The van der Waals surface area contributed by atoms with Crippen LogP contribution in [-0.4, -0.2) is 50.0 Å². The molecule has 1 saturated heterocycles. The molecule has 2 heterocycles. The molecule has 4 rings (SSSR count). The Balaban J connectivity index is 1.31. The summed E-state index contributed by atoms with van der Waals surface area (Å²) in [7, 11) is 1.82. The van der Waals surface area contributed by atoms with Crippen LogP contribution in [0.25, 0.3) is 0 Å². The van der Waals surface area contributed by atoms with Gasteiger partial charge in [0.05, 0.1) is 5.69 Å². The van der Waals surface area contributed by atoms with Crippen LogP contribution in [0.1, 0.15) is 31.2 Å². The van der Waals surface area contributed by atoms with E-state index in [0.717, 1.165) is 24.3 Å². The van der Waals surface area contributed by atoms with Gasteiger partial charge in [0, 0.05) is 45.3 Å². The first-order valence-corrected chi connectivity index (χ1v) is 10.7. The van der Waals surface area contributed by atoms with Crippen molar-refractivity contribution >= 4 is 23.2 Å². The van der Waals surface area contributed by atoms with Crippen LogP contribution in [0.2, 0.25) is 0 Å². The second-order valence-electron chi connectivity index (χ2n) is 8.02. The topological polar surface area (TPSA) is 53.1 Å². The SMILES string of the molecule is CN(Cc1ccc(N2CCCCC2)cc1)C(=O)CCN1C(=O)COc2ccccc21. The number of para-hydroxylation sites is 2. The molecule has 2 amide bonds. The number of rotatable bonds is 6. The van der Waals surface area contributed by atoms with Crippen LogP contribution in [0.5, 0.6) is 5.75 Å². The van der Waals surface area contributed by atoms with Gasteiger partial charge in [-0.15, -0.1) is 0 Å². The molecule has 2 aliphatic rings. The van der Waals surface area contributed by atoms with Crippen LogP contribution in [0.15, 0.2) is 48.5 Å². The number of benzene rings is 2. The van der Waals surface area contributed by atoms with E-state index in [2.05, 4.69) is 29.2 Å². The lowest BCUT2D eigenvalue weighted by Gasteiger charge is -2.30. The van der Waals surface area contributed by atoms with E-state index in [1.807, 2.05) is 31.3 Å². The van der Waals surface area contributed by atoms with Gasteiger partial charge < -0.3 is 19.4 Å². The van der Waals surface area contributed by atoms with Crippen molar-refractivity contribution in [1.29, 1.82) is 0 Å². The molecule has 6 heteroatoms. The standard InChI is InChI=1S/C24H29N3O3/c1-25(17-19-9-11-20(12-10-19)26-14-5-2-6-15-26)23(28)13-16-27-21-7-3-4-8-22(21)30-18-24(27)29/h3-4,7-12H,2,5-6,13-18H2,1H3. The Morgan fingerprint density at radius 3 is 2.53 bits per heavy atom. The van der Waals surface area contributed by atoms with Gasteiger partial charge >= 0.3 is 0 Å². The average molecular weight is 408 g/mol. The van der Waals surface area contributed by atoms with Gasteiger partial charge in [0.15, 0.2) is 6.61 Å². The molecule has 158 valence electrons. The van der Waals surface area contributed by atoms with Gasteiger partial charge in [0.2, 0.25) is 5.91 Å². The summed E-state index contributed by atoms with van der Waals surface area (Å²) in [6.07, 6.45) is 4.12. The fourth-order valence-electron chi connectivity index (χ4n) is 4.12. The molecule has 0 aromatic heterocycles. The van der Waals surface area contributed by atoms with Crippen molar-refractivity contribution in [2.24, 2.45) is 0 Å². The lowest BCUT2D eigenvalue weighted by molar-refractivity contribution is -0.130. The number of ether oxygens (including phenoxy) is 1. The maximum absolute atomic E-state index is 12.7. The molecule has 1 fully saturated rings. The van der Waals surface area contributed by atoms with Crippen LogP contribution in [0.4, 0.5) is 11.4 Å². The zero-order valence-corrected chi connectivity index (χ0v) is 17.5. The lowest BCUT2D eigenvalue weighted by atomic mass is 10.1. The molecule has 6 nitrogen and oxygen atoms in total. The average Bonchev–Trinajstić information content (AvgIpc) is 2.79. The Bertz CT molecular complexity index is 891. The van der Waals surface area contributed by atoms with Crippen LogP contribution in [-0.2, 0) is 16.1 Å². The molecule has 0 saturated carbocycles. The molecule has 0 aliphatic carbocycles. The van der Waals surface area contributed by atoms with E-state index in [1.165, 1.54) is 24.9 Å². The molecular formula is C24H29N3O3. The quantitative estimate of drug-likeness (QED) is 0.736. The number of piperidine rings is 1. The first kappa shape index (κ1) is 20.3. The minimum Gasteiger partial charge on any atom is -0.482 e. The summed E-state index contributed by atoms with van der Waals surface area (Å²) in [6.45, 7) is 3.19. The number of carbonyl (C=O) groups is 2. The smallest absolute Gasteiger partial charge is 0.265 e. The lowest BCUT2D eigenvalue weighted by Crippen LogP contribution is -2.41. The van der Waals surface area contributed by atoms with Gasteiger partial charge in [-0.2, -0.15) is 0 Å². The van der Waals surface area contributed by atoms with E-state index in [1.54, 1.807) is 9.80 Å². The zero-order chi connectivity index (χ0) is 20.9. The van der Waals surface area contributed by atoms with E-state index >= 15 is 0 Å². The summed E-state index contributed by atoms with van der Waals surface area (Å²) < 4.78 is 5.46. The maximum Gasteiger partial charge on any atom is 0.265 e. The number of anilines is 2. The third kappa shape index (κ3) is 4.58. The van der Waals surface area contributed by atoms with Gasteiger partial charge in [-0.25, -0.2) is 0 Å². The van der Waals surface area contributed by atoms with Crippen molar-refractivity contribution in [3.05, 3.63) is 54.1 Å². The van der Waals surface area contributed by atoms with Crippen LogP contribution in [0.3, 0.4) is 0 Å². The summed E-state index contributed by atoms with van der Waals surface area (Å²) in [6, 6.07) is 16.0. The molecule has 0 bridgehead atoms. The van der Waals surface area contributed by atoms with Gasteiger partial charge in [-0.05, 0) is 49.1 Å². The van der Waals surface area contributed by atoms with Gasteiger partial charge in [-0.1, -0.05) is 24.3 Å². The normalized spacial score (nSPS) is 16.1. The molecule has 0 radical (unpaired) electrons. The van der Waals surface area contributed by atoms with E-state index in [-0.39, 0.29) is 24.8 Å². The fraction of sp³-hybridized carbons (Fsp3) is 0.417. The number of fused-ring (bicyclic) bond motifs is 1. The van der Waals surface area contributed by atoms with Crippen LogP contribution >= 0.6 is 0 Å². The predicted molar refractivity (Wildman–Crippen MR) is 118 cm³/mol. The summed E-state index contributed by atoms with van der Waals surface area (Å²) in [5, 5.41) is 0. The van der Waals surface area contributed by atoms with E-state index in [0.29, 0.717) is 18.8 Å². The third-order valence-electron chi connectivity index (χ3n) is 5.86. The van der Waals surface area contributed by atoms with Crippen LogP contribution in [0, 0.1) is 0 Å². The van der Waals surface area contributed by atoms with E-state index in [9.17, 15) is 9.59 Å². The van der Waals surface area contributed by atoms with Crippen LogP contribution < -0.4 is 14.5 Å². The first-order valence-electron chi connectivity index (χ1n) is 10.7. The Kier molecular flexibility index (Phi) is 6.21. The zero-order valence-electron chi connectivity index (χ0n) is 17.5. The van der Waals surface area contributed by atoms with Gasteiger partial charge in [-0.3, -0.25) is 9.59 Å². The minimum absolute atomic E-state index is 0.0183. The Morgan fingerprint density at radius 1 is 1.03 bits per heavy atom.